The summed E-state index contributed by atoms with van der Waals surface area (Å²) in [6.45, 7) is 1.97. The molecular weight excluding hydrogens is 488 g/mol. The third-order valence-electron chi connectivity index (χ3n) is 4.72. The summed E-state index contributed by atoms with van der Waals surface area (Å²) in [5.74, 6) is 1.59. The fraction of sp³-hybridized carbons (Fsp3) is 0.261. The predicted molar refractivity (Wildman–Crippen MR) is 132 cm³/mol. The molecule has 3 N–H and O–H groups in total. The third-order valence-corrected chi connectivity index (χ3v) is 6.28. The number of aromatic nitrogens is 5. The molecular formula is C23H24N6O4S2. The lowest BCUT2D eigenvalue weighted by Gasteiger charge is -2.14. The first-order valence-corrected chi connectivity index (χ1v) is 12.3. The van der Waals surface area contributed by atoms with Crippen molar-refractivity contribution in [2.45, 2.75) is 35.5 Å². The van der Waals surface area contributed by atoms with Crippen molar-refractivity contribution < 1.29 is 19.7 Å². The van der Waals surface area contributed by atoms with Crippen LogP contribution in [0.5, 0.6) is 11.5 Å². The van der Waals surface area contributed by atoms with E-state index in [1.807, 2.05) is 43.3 Å². The molecule has 0 unspecified atom stereocenters. The Balaban J connectivity index is 1.61. The van der Waals surface area contributed by atoms with Crippen molar-refractivity contribution in [1.82, 2.24) is 24.3 Å². The summed E-state index contributed by atoms with van der Waals surface area (Å²) in [7, 11) is 1.44. The maximum Gasteiger partial charge on any atom is 0.208 e. The van der Waals surface area contributed by atoms with E-state index in [2.05, 4.69) is 29.6 Å². The van der Waals surface area contributed by atoms with Gasteiger partial charge in [-0.2, -0.15) is 4.37 Å². The Bertz CT molecular complexity index is 1240. The lowest BCUT2D eigenvalue weighted by molar-refractivity contribution is -0.0305. The predicted octanol–water partition coefficient (Wildman–Crippen LogP) is 4.01. The van der Waals surface area contributed by atoms with Crippen LogP contribution >= 0.6 is 23.3 Å². The van der Waals surface area contributed by atoms with Crippen LogP contribution in [0.2, 0.25) is 0 Å². The highest BCUT2D eigenvalue weighted by Crippen LogP contribution is 2.36. The molecule has 4 aromatic heterocycles. The van der Waals surface area contributed by atoms with Gasteiger partial charge in [-0.15, -0.1) is 0 Å². The highest BCUT2D eigenvalue weighted by Gasteiger charge is 2.23. The normalized spacial score (nSPS) is 12.8. The Hall–Kier alpha value is -3.16. The second-order valence-corrected chi connectivity index (χ2v) is 9.09. The third kappa shape index (κ3) is 6.50. The number of hydrogen-bond donors (Lipinski definition) is 3. The van der Waals surface area contributed by atoms with Crippen LogP contribution in [0.25, 0.3) is 0 Å². The summed E-state index contributed by atoms with van der Waals surface area (Å²) < 4.78 is 15.3. The van der Waals surface area contributed by atoms with Gasteiger partial charge in [0.05, 0.1) is 12.3 Å². The van der Waals surface area contributed by atoms with Crippen molar-refractivity contribution in [3.05, 3.63) is 66.5 Å². The average molecular weight is 513 g/mol. The topological polar surface area (TPSA) is 135 Å². The lowest BCUT2D eigenvalue weighted by atomic mass is 10.2. The number of ether oxygens (including phenoxy) is 2. The minimum Gasteiger partial charge on any atom is -0.452 e. The van der Waals surface area contributed by atoms with Crippen molar-refractivity contribution in [3.8, 4) is 11.5 Å². The van der Waals surface area contributed by atoms with E-state index in [0.29, 0.717) is 28.9 Å². The Kier molecular flexibility index (Phi) is 8.55. The van der Waals surface area contributed by atoms with E-state index >= 15 is 0 Å². The van der Waals surface area contributed by atoms with Gasteiger partial charge in [-0.3, -0.25) is 4.98 Å². The minimum absolute atomic E-state index is 0.0387. The molecule has 0 radical (unpaired) electrons. The molecule has 35 heavy (non-hydrogen) atoms. The maximum atomic E-state index is 10.3. The number of methoxy groups -OCH3 is 1. The summed E-state index contributed by atoms with van der Waals surface area (Å²) in [6, 6.07) is 11.2. The minimum atomic E-state index is -1.27. The molecule has 0 aliphatic heterocycles. The SMILES string of the molecule is CCc1ncccc1Oc1cc(Sc2ccccn2)cnc1Nc1nc([C@H](O)[C@@H](O)COC)ns1. The molecule has 4 heterocycles. The van der Waals surface area contributed by atoms with E-state index in [9.17, 15) is 10.2 Å². The number of aliphatic hydroxyl groups is 2. The number of aliphatic hydroxyl groups excluding tert-OH is 2. The van der Waals surface area contributed by atoms with E-state index in [4.69, 9.17) is 9.47 Å². The van der Waals surface area contributed by atoms with Gasteiger partial charge in [-0.25, -0.2) is 15.0 Å². The van der Waals surface area contributed by atoms with Crippen molar-refractivity contribution >= 4 is 34.2 Å². The molecule has 12 heteroatoms. The number of rotatable bonds is 11. The number of hydrogen-bond acceptors (Lipinski definition) is 12. The molecule has 10 nitrogen and oxygen atoms in total. The van der Waals surface area contributed by atoms with Gasteiger partial charge in [0.2, 0.25) is 5.13 Å². The van der Waals surface area contributed by atoms with Gasteiger partial charge >= 0.3 is 0 Å². The fourth-order valence-corrected chi connectivity index (χ4v) is 4.40. The zero-order valence-electron chi connectivity index (χ0n) is 19.0. The zero-order valence-corrected chi connectivity index (χ0v) is 20.7. The van der Waals surface area contributed by atoms with Gasteiger partial charge in [0.25, 0.3) is 0 Å². The molecule has 4 aromatic rings. The van der Waals surface area contributed by atoms with E-state index in [-0.39, 0.29) is 12.4 Å². The maximum absolute atomic E-state index is 10.3. The molecule has 0 aliphatic carbocycles. The Morgan fingerprint density at radius 3 is 2.71 bits per heavy atom. The first-order valence-electron chi connectivity index (χ1n) is 10.7. The van der Waals surface area contributed by atoms with E-state index < -0.39 is 12.2 Å². The first-order chi connectivity index (χ1) is 17.1. The standard InChI is InChI=1S/C23H24N6O4S2/c1-3-15-17(7-6-10-24-15)33-18-11-14(34-19-8-4-5-9-25-19)12-26-21(18)27-23-28-22(29-35-23)20(31)16(30)13-32-2/h4-12,16,20,30-31H,3,13H2,1-2H3,(H,26,27,28,29)/t16-,20+/m0/s1. The number of nitrogens with one attached hydrogen (secondary N) is 1. The van der Waals surface area contributed by atoms with Gasteiger partial charge in [0.15, 0.2) is 17.4 Å². The zero-order chi connectivity index (χ0) is 24.6. The van der Waals surface area contributed by atoms with E-state index in [1.165, 1.54) is 18.9 Å². The van der Waals surface area contributed by atoms with Gasteiger partial charge in [-0.1, -0.05) is 24.8 Å². The molecule has 0 saturated carbocycles. The smallest absolute Gasteiger partial charge is 0.208 e. The quantitative estimate of drug-likeness (QED) is 0.269. The van der Waals surface area contributed by atoms with Crippen LogP contribution < -0.4 is 10.1 Å². The number of pyridine rings is 3. The largest absolute Gasteiger partial charge is 0.452 e. The van der Waals surface area contributed by atoms with Crippen LogP contribution in [0.15, 0.2) is 64.9 Å². The van der Waals surface area contributed by atoms with Crippen LogP contribution in [0.4, 0.5) is 10.9 Å². The summed E-state index contributed by atoms with van der Waals surface area (Å²) in [5.41, 5.74) is 0.815. The van der Waals surface area contributed by atoms with Crippen LogP contribution in [-0.2, 0) is 11.2 Å². The molecule has 0 spiro atoms. The fourth-order valence-electron chi connectivity index (χ4n) is 3.02. The molecule has 0 aliphatic rings. The van der Waals surface area contributed by atoms with Crippen molar-refractivity contribution in [1.29, 1.82) is 0 Å². The van der Waals surface area contributed by atoms with Crippen LogP contribution in [0, 0.1) is 0 Å². The summed E-state index contributed by atoms with van der Waals surface area (Å²) in [5, 5.41) is 24.5. The molecule has 0 aromatic carbocycles. The molecule has 0 saturated heterocycles. The average Bonchev–Trinajstić information content (AvgIpc) is 3.35. The van der Waals surface area contributed by atoms with Crippen molar-refractivity contribution in [2.75, 3.05) is 19.0 Å². The van der Waals surface area contributed by atoms with Crippen molar-refractivity contribution in [2.24, 2.45) is 0 Å². The Labute approximate surface area is 210 Å². The molecule has 2 atom stereocenters. The molecule has 4 rings (SSSR count). The van der Waals surface area contributed by atoms with E-state index in [1.54, 1.807) is 18.6 Å². The summed E-state index contributed by atoms with van der Waals surface area (Å²) >= 11 is 2.49. The first kappa shape index (κ1) is 24.9. The number of nitrogens with zero attached hydrogens (tertiary/aromatic N) is 5. The second kappa shape index (κ2) is 12.0. The van der Waals surface area contributed by atoms with Gasteiger partial charge < -0.3 is 25.0 Å². The van der Waals surface area contributed by atoms with Crippen LogP contribution in [-0.4, -0.2) is 54.3 Å². The van der Waals surface area contributed by atoms with Crippen LogP contribution in [0.3, 0.4) is 0 Å². The lowest BCUT2D eigenvalue weighted by Crippen LogP contribution is -2.24. The highest BCUT2D eigenvalue weighted by atomic mass is 32.2. The van der Waals surface area contributed by atoms with E-state index in [0.717, 1.165) is 27.1 Å². The monoisotopic (exact) mass is 512 g/mol. The Morgan fingerprint density at radius 1 is 1.09 bits per heavy atom. The number of aryl methyl sites for hydroxylation is 1. The van der Waals surface area contributed by atoms with Crippen LogP contribution in [0.1, 0.15) is 24.5 Å². The van der Waals surface area contributed by atoms with Gasteiger partial charge in [0, 0.05) is 48.2 Å². The molecule has 182 valence electrons. The Morgan fingerprint density at radius 2 is 1.94 bits per heavy atom. The molecule has 0 amide bonds. The summed E-state index contributed by atoms with van der Waals surface area (Å²) in [6.07, 6.45) is 3.46. The number of anilines is 2. The highest BCUT2D eigenvalue weighted by molar-refractivity contribution is 7.99. The van der Waals surface area contributed by atoms with Gasteiger partial charge in [0.1, 0.15) is 23.0 Å². The second-order valence-electron chi connectivity index (χ2n) is 7.24. The van der Waals surface area contributed by atoms with Crippen molar-refractivity contribution in [3.63, 3.8) is 0 Å². The molecule has 0 fully saturated rings. The molecule has 0 bridgehead atoms. The van der Waals surface area contributed by atoms with Gasteiger partial charge in [-0.05, 0) is 30.7 Å². The summed E-state index contributed by atoms with van der Waals surface area (Å²) in [4.78, 5) is 18.4.